The Morgan fingerprint density at radius 2 is 1.73 bits per heavy atom. The van der Waals surface area contributed by atoms with E-state index in [0.29, 0.717) is 5.92 Å². The molecule has 22 heavy (non-hydrogen) atoms. The van der Waals surface area contributed by atoms with Gasteiger partial charge < -0.3 is 9.80 Å². The first-order valence-electron chi connectivity index (χ1n) is 8.20. The lowest BCUT2D eigenvalue weighted by Gasteiger charge is -2.33. The van der Waals surface area contributed by atoms with E-state index >= 15 is 0 Å². The minimum Gasteiger partial charge on any atom is -0.325 e. The van der Waals surface area contributed by atoms with Gasteiger partial charge in [0.1, 0.15) is 0 Å². The Hall–Kier alpha value is -1.62. The number of hydrogen-bond acceptors (Lipinski definition) is 3. The molecule has 2 fully saturated rings. The zero-order valence-corrected chi connectivity index (χ0v) is 13.5. The fraction of sp³-hybridized carbons (Fsp3) is 0.529. The summed E-state index contributed by atoms with van der Waals surface area (Å²) in [6.45, 7) is 3.62. The number of piperidine rings is 1. The molecule has 4 nitrogen and oxygen atoms in total. The van der Waals surface area contributed by atoms with Crippen molar-refractivity contribution in [1.29, 1.82) is 0 Å². The summed E-state index contributed by atoms with van der Waals surface area (Å²) in [6.07, 6.45) is 4.40. The van der Waals surface area contributed by atoms with Crippen LogP contribution in [0.1, 0.15) is 36.6 Å². The smallest absolute Gasteiger partial charge is 0.319 e. The molecule has 116 valence electrons. The van der Waals surface area contributed by atoms with E-state index in [0.717, 1.165) is 57.4 Å². The number of carbonyl (C=O) groups is 1. The van der Waals surface area contributed by atoms with E-state index in [1.54, 1.807) is 0 Å². The van der Waals surface area contributed by atoms with Gasteiger partial charge in [-0.3, -0.25) is 0 Å². The van der Waals surface area contributed by atoms with Crippen molar-refractivity contribution in [2.45, 2.75) is 31.6 Å². The summed E-state index contributed by atoms with van der Waals surface area (Å²) in [6, 6.07) is 8.59. The number of benzene rings is 1. The molecule has 4 rings (SSSR count). The van der Waals surface area contributed by atoms with Gasteiger partial charge >= 0.3 is 6.03 Å². The van der Waals surface area contributed by atoms with Gasteiger partial charge in [0, 0.05) is 32.1 Å². The van der Waals surface area contributed by atoms with Crippen molar-refractivity contribution in [3.05, 3.63) is 29.3 Å². The van der Waals surface area contributed by atoms with Crippen LogP contribution >= 0.6 is 11.3 Å². The molecule has 0 saturated carbocycles. The summed E-state index contributed by atoms with van der Waals surface area (Å²) in [4.78, 5) is 21.3. The van der Waals surface area contributed by atoms with Gasteiger partial charge in [0.25, 0.3) is 0 Å². The van der Waals surface area contributed by atoms with Crippen molar-refractivity contribution in [2.24, 2.45) is 0 Å². The number of carbonyl (C=O) groups excluding carboxylic acids is 1. The van der Waals surface area contributed by atoms with Crippen molar-refractivity contribution in [2.75, 3.05) is 26.2 Å². The normalized spacial score (nSPS) is 20.0. The van der Waals surface area contributed by atoms with E-state index in [4.69, 9.17) is 4.98 Å². The van der Waals surface area contributed by atoms with E-state index < -0.39 is 0 Å². The van der Waals surface area contributed by atoms with Crippen LogP contribution in [0.15, 0.2) is 24.3 Å². The van der Waals surface area contributed by atoms with Crippen molar-refractivity contribution >= 4 is 27.6 Å². The lowest BCUT2D eigenvalue weighted by molar-refractivity contribution is 0.148. The summed E-state index contributed by atoms with van der Waals surface area (Å²) < 4.78 is 1.27. The van der Waals surface area contributed by atoms with E-state index in [2.05, 4.69) is 18.2 Å². The lowest BCUT2D eigenvalue weighted by Crippen LogP contribution is -2.45. The average molecular weight is 315 g/mol. The molecule has 0 spiro atoms. The second kappa shape index (κ2) is 5.88. The van der Waals surface area contributed by atoms with Crippen LogP contribution in [0.4, 0.5) is 4.79 Å². The highest BCUT2D eigenvalue weighted by Crippen LogP contribution is 2.34. The number of likely N-dealkylation sites (tertiary alicyclic amines) is 2. The molecule has 2 saturated heterocycles. The van der Waals surface area contributed by atoms with Crippen molar-refractivity contribution in [3.63, 3.8) is 0 Å². The number of aromatic nitrogens is 1. The number of nitrogens with zero attached hydrogens (tertiary/aromatic N) is 3. The maximum atomic E-state index is 12.4. The van der Waals surface area contributed by atoms with Crippen LogP contribution in [-0.2, 0) is 0 Å². The monoisotopic (exact) mass is 315 g/mol. The van der Waals surface area contributed by atoms with Crippen LogP contribution in [0.2, 0.25) is 0 Å². The predicted octanol–water partition coefficient (Wildman–Crippen LogP) is 3.69. The molecule has 2 aliphatic rings. The van der Waals surface area contributed by atoms with E-state index in [1.165, 1.54) is 9.71 Å². The number of para-hydroxylation sites is 1. The first-order valence-corrected chi connectivity index (χ1v) is 9.02. The van der Waals surface area contributed by atoms with Crippen LogP contribution in [0.25, 0.3) is 10.2 Å². The molecule has 1 aromatic carbocycles. The number of hydrogen-bond donors (Lipinski definition) is 0. The maximum absolute atomic E-state index is 12.4. The molecule has 5 heteroatoms. The highest BCUT2D eigenvalue weighted by Gasteiger charge is 2.29. The number of rotatable bonds is 1. The molecule has 0 unspecified atom stereocenters. The Labute approximate surface area is 134 Å². The van der Waals surface area contributed by atoms with Gasteiger partial charge in [-0.15, -0.1) is 11.3 Å². The number of fused-ring (bicyclic) bond motifs is 1. The summed E-state index contributed by atoms with van der Waals surface area (Å²) in [5.41, 5.74) is 1.11. The van der Waals surface area contributed by atoms with Crippen LogP contribution in [-0.4, -0.2) is 47.0 Å². The second-order valence-electron chi connectivity index (χ2n) is 6.26. The van der Waals surface area contributed by atoms with Gasteiger partial charge in [-0.25, -0.2) is 9.78 Å². The van der Waals surface area contributed by atoms with Gasteiger partial charge in [-0.2, -0.15) is 0 Å². The standard InChI is InChI=1S/C17H21N3OS/c21-17(19-9-3-4-10-19)20-11-7-13(8-12-20)16-18-14-5-1-2-6-15(14)22-16/h1-2,5-6,13H,3-4,7-12H2. The minimum absolute atomic E-state index is 0.250. The molecule has 0 aliphatic carbocycles. The summed E-state index contributed by atoms with van der Waals surface area (Å²) in [5, 5.41) is 1.24. The number of amides is 2. The molecular formula is C17H21N3OS. The molecule has 3 heterocycles. The third-order valence-corrected chi connectivity index (χ3v) is 6.00. The van der Waals surface area contributed by atoms with Gasteiger partial charge in [0.15, 0.2) is 0 Å². The van der Waals surface area contributed by atoms with Gasteiger partial charge in [0.2, 0.25) is 0 Å². The first-order chi connectivity index (χ1) is 10.8. The van der Waals surface area contributed by atoms with Crippen LogP contribution in [0.3, 0.4) is 0 Å². The lowest BCUT2D eigenvalue weighted by atomic mass is 9.98. The third-order valence-electron chi connectivity index (χ3n) is 4.80. The summed E-state index contributed by atoms with van der Waals surface area (Å²) in [7, 11) is 0. The van der Waals surface area contributed by atoms with E-state index in [-0.39, 0.29) is 6.03 Å². The van der Waals surface area contributed by atoms with Gasteiger partial charge in [-0.1, -0.05) is 12.1 Å². The quantitative estimate of drug-likeness (QED) is 0.804. The number of urea groups is 1. The maximum Gasteiger partial charge on any atom is 0.319 e. The van der Waals surface area contributed by atoms with Gasteiger partial charge in [0.05, 0.1) is 15.2 Å². The molecule has 0 N–H and O–H groups in total. The molecule has 0 bridgehead atoms. The average Bonchev–Trinajstić information content (AvgIpc) is 3.23. The topological polar surface area (TPSA) is 36.4 Å². The third kappa shape index (κ3) is 2.58. The molecule has 0 atom stereocenters. The highest BCUT2D eigenvalue weighted by molar-refractivity contribution is 7.18. The SMILES string of the molecule is O=C(N1CCCC1)N1CCC(c2nc3ccccc3s2)CC1. The zero-order chi connectivity index (χ0) is 14.9. The van der Waals surface area contributed by atoms with E-state index in [1.807, 2.05) is 27.2 Å². The van der Waals surface area contributed by atoms with Crippen molar-refractivity contribution in [1.82, 2.24) is 14.8 Å². The highest BCUT2D eigenvalue weighted by atomic mass is 32.1. The fourth-order valence-electron chi connectivity index (χ4n) is 3.49. The molecular weight excluding hydrogens is 294 g/mol. The van der Waals surface area contributed by atoms with Crippen LogP contribution in [0.5, 0.6) is 0 Å². The molecule has 2 aromatic rings. The Morgan fingerprint density at radius 3 is 2.45 bits per heavy atom. The van der Waals surface area contributed by atoms with E-state index in [9.17, 15) is 4.79 Å². The van der Waals surface area contributed by atoms with Crippen molar-refractivity contribution < 1.29 is 4.79 Å². The van der Waals surface area contributed by atoms with Gasteiger partial charge in [-0.05, 0) is 37.8 Å². The minimum atomic E-state index is 0.250. The van der Waals surface area contributed by atoms with Crippen LogP contribution < -0.4 is 0 Å². The Balaban J connectivity index is 1.41. The number of thiazole rings is 1. The molecule has 2 aliphatic heterocycles. The Bertz CT molecular complexity index is 636. The fourth-order valence-corrected chi connectivity index (χ4v) is 4.63. The molecule has 0 radical (unpaired) electrons. The largest absolute Gasteiger partial charge is 0.325 e. The Kier molecular flexibility index (Phi) is 3.74. The van der Waals surface area contributed by atoms with Crippen molar-refractivity contribution in [3.8, 4) is 0 Å². The molecule has 1 aromatic heterocycles. The first kappa shape index (κ1) is 14.0. The zero-order valence-electron chi connectivity index (χ0n) is 12.7. The second-order valence-corrected chi connectivity index (χ2v) is 7.32. The Morgan fingerprint density at radius 1 is 1.05 bits per heavy atom. The summed E-state index contributed by atoms with van der Waals surface area (Å²) in [5.74, 6) is 0.514. The summed E-state index contributed by atoms with van der Waals surface area (Å²) >= 11 is 1.81. The van der Waals surface area contributed by atoms with Crippen LogP contribution in [0, 0.1) is 0 Å². The molecule has 2 amide bonds. The predicted molar refractivity (Wildman–Crippen MR) is 89.4 cm³/mol.